The molecule has 0 unspecified atom stereocenters. The van der Waals surface area contributed by atoms with E-state index < -0.39 is 0 Å². The van der Waals surface area contributed by atoms with E-state index in [0.717, 1.165) is 75.4 Å². The minimum atomic E-state index is 0.634. The first kappa shape index (κ1) is 23.7. The van der Waals surface area contributed by atoms with E-state index in [2.05, 4.69) is 88.0 Å². The molecular formula is C37H19N5S. The maximum atomic E-state index is 9.85. The summed E-state index contributed by atoms with van der Waals surface area (Å²) in [6.07, 6.45) is 0. The number of rotatable bonds is 2. The van der Waals surface area contributed by atoms with Crippen molar-refractivity contribution in [1.29, 1.82) is 10.5 Å². The fourth-order valence-corrected chi connectivity index (χ4v) is 7.88. The fourth-order valence-electron chi connectivity index (χ4n) is 6.58. The van der Waals surface area contributed by atoms with Gasteiger partial charge < -0.3 is 0 Å². The highest BCUT2D eigenvalue weighted by molar-refractivity contribution is 7.27. The molecule has 0 atom stereocenters. The summed E-state index contributed by atoms with van der Waals surface area (Å²) in [5.41, 5.74) is 5.54. The summed E-state index contributed by atoms with van der Waals surface area (Å²) in [5.74, 6) is 1.61. The number of benzene rings is 5. The molecule has 198 valence electrons. The molecule has 9 aromatic rings. The van der Waals surface area contributed by atoms with Gasteiger partial charge >= 0.3 is 0 Å². The quantitative estimate of drug-likeness (QED) is 0.210. The lowest BCUT2D eigenvalue weighted by Crippen LogP contribution is -2.03. The SMILES string of the molecule is N#Cc1ccc2c(c1)c1ccccc1n2-c1cccc(-n2c3ccccc3c3ccc4c5cccc(C#N)c5sc4c32)n1. The van der Waals surface area contributed by atoms with Gasteiger partial charge in [0.1, 0.15) is 17.7 Å². The number of thiophene rings is 1. The molecular weight excluding hydrogens is 547 g/mol. The Hall–Kier alpha value is -5.95. The van der Waals surface area contributed by atoms with Crippen molar-refractivity contribution in [1.82, 2.24) is 14.1 Å². The van der Waals surface area contributed by atoms with Gasteiger partial charge in [-0.1, -0.05) is 66.7 Å². The van der Waals surface area contributed by atoms with Crippen LogP contribution in [-0.4, -0.2) is 14.1 Å². The van der Waals surface area contributed by atoms with Crippen molar-refractivity contribution in [2.24, 2.45) is 0 Å². The van der Waals surface area contributed by atoms with Crippen LogP contribution in [0.1, 0.15) is 11.1 Å². The number of hydrogen-bond donors (Lipinski definition) is 0. The first-order valence-electron chi connectivity index (χ1n) is 13.9. The van der Waals surface area contributed by atoms with Crippen LogP contribution in [0.3, 0.4) is 0 Å². The summed E-state index contributed by atoms with van der Waals surface area (Å²) < 4.78 is 6.59. The number of pyridine rings is 1. The minimum absolute atomic E-state index is 0.634. The summed E-state index contributed by atoms with van der Waals surface area (Å²) in [5, 5.41) is 26.1. The van der Waals surface area contributed by atoms with Crippen LogP contribution >= 0.6 is 11.3 Å². The number of para-hydroxylation sites is 2. The van der Waals surface area contributed by atoms with Gasteiger partial charge in [0.25, 0.3) is 0 Å². The van der Waals surface area contributed by atoms with Crippen LogP contribution in [-0.2, 0) is 0 Å². The topological polar surface area (TPSA) is 70.3 Å². The summed E-state index contributed by atoms with van der Waals surface area (Å²) in [6.45, 7) is 0. The summed E-state index contributed by atoms with van der Waals surface area (Å²) in [6, 6.07) is 43.7. The smallest absolute Gasteiger partial charge is 0.140 e. The van der Waals surface area contributed by atoms with Crippen molar-refractivity contribution < 1.29 is 0 Å². The van der Waals surface area contributed by atoms with E-state index in [9.17, 15) is 10.5 Å². The number of nitrogens with zero attached hydrogens (tertiary/aromatic N) is 5. The zero-order chi connectivity index (χ0) is 28.7. The van der Waals surface area contributed by atoms with Crippen molar-refractivity contribution in [3.05, 3.63) is 126 Å². The Morgan fingerprint density at radius 3 is 1.93 bits per heavy atom. The van der Waals surface area contributed by atoms with Gasteiger partial charge in [0.05, 0.1) is 48.7 Å². The summed E-state index contributed by atoms with van der Waals surface area (Å²) in [7, 11) is 0. The molecule has 0 aliphatic carbocycles. The monoisotopic (exact) mass is 565 g/mol. The third kappa shape index (κ3) is 3.21. The molecule has 0 N–H and O–H groups in total. The standard InChI is InChI=1S/C37H19N5S/c38-20-22-15-18-32-29(19-22)25-9-2-3-11-30(25)41(32)33-13-6-14-34(40-33)42-31-12-4-1-8-24(31)26-16-17-28-27-10-5-7-23(21-39)36(27)43-37(28)35(26)42/h1-19H. The molecule has 0 spiro atoms. The van der Waals surface area contributed by atoms with E-state index in [4.69, 9.17) is 4.98 Å². The summed E-state index contributed by atoms with van der Waals surface area (Å²) in [4.78, 5) is 5.31. The lowest BCUT2D eigenvalue weighted by molar-refractivity contribution is 1.02. The second-order valence-corrected chi connectivity index (χ2v) is 11.7. The third-order valence-corrected chi connectivity index (χ3v) is 9.66. The highest BCUT2D eigenvalue weighted by Gasteiger charge is 2.20. The molecule has 4 aromatic heterocycles. The Balaban J connectivity index is 1.39. The highest BCUT2D eigenvalue weighted by Crippen LogP contribution is 2.43. The largest absolute Gasteiger partial charge is 0.294 e. The Kier molecular flexibility index (Phi) is 4.84. The predicted molar refractivity (Wildman–Crippen MR) is 175 cm³/mol. The fraction of sp³-hybridized carbons (Fsp3) is 0. The molecule has 0 amide bonds. The van der Waals surface area contributed by atoms with Gasteiger partial charge in [-0.3, -0.25) is 9.13 Å². The Labute approximate surface area is 249 Å². The minimum Gasteiger partial charge on any atom is -0.294 e. The first-order valence-corrected chi connectivity index (χ1v) is 14.8. The molecule has 5 aromatic carbocycles. The molecule has 9 rings (SSSR count). The normalized spacial score (nSPS) is 11.7. The average Bonchev–Trinajstić information content (AvgIpc) is 3.72. The number of hydrogen-bond acceptors (Lipinski definition) is 4. The molecule has 4 heterocycles. The second-order valence-electron chi connectivity index (χ2n) is 10.6. The van der Waals surface area contributed by atoms with Gasteiger partial charge in [0.2, 0.25) is 0 Å². The van der Waals surface area contributed by atoms with Crippen LogP contribution in [0, 0.1) is 22.7 Å². The molecule has 43 heavy (non-hydrogen) atoms. The molecule has 0 saturated carbocycles. The second kappa shape index (κ2) is 8.77. The van der Waals surface area contributed by atoms with E-state index in [0.29, 0.717) is 11.1 Å². The Morgan fingerprint density at radius 1 is 0.512 bits per heavy atom. The molecule has 0 fully saturated rings. The van der Waals surface area contributed by atoms with Gasteiger partial charge in [-0.15, -0.1) is 11.3 Å². The van der Waals surface area contributed by atoms with Crippen LogP contribution in [0.25, 0.3) is 75.4 Å². The maximum absolute atomic E-state index is 9.85. The molecule has 6 heteroatoms. The van der Waals surface area contributed by atoms with Gasteiger partial charge in [-0.25, -0.2) is 4.98 Å². The molecule has 0 aliphatic rings. The van der Waals surface area contributed by atoms with Gasteiger partial charge in [0, 0.05) is 32.3 Å². The zero-order valence-corrected chi connectivity index (χ0v) is 23.4. The van der Waals surface area contributed by atoms with Crippen molar-refractivity contribution >= 4 is 75.1 Å². The van der Waals surface area contributed by atoms with E-state index in [1.54, 1.807) is 11.3 Å². The van der Waals surface area contributed by atoms with E-state index in [-0.39, 0.29) is 0 Å². The number of fused-ring (bicyclic) bond motifs is 10. The van der Waals surface area contributed by atoms with Crippen LogP contribution in [0.2, 0.25) is 0 Å². The third-order valence-electron chi connectivity index (χ3n) is 8.40. The van der Waals surface area contributed by atoms with Gasteiger partial charge in [-0.05, 0) is 48.5 Å². The summed E-state index contributed by atoms with van der Waals surface area (Å²) >= 11 is 1.67. The van der Waals surface area contributed by atoms with Gasteiger partial charge in [-0.2, -0.15) is 10.5 Å². The maximum Gasteiger partial charge on any atom is 0.140 e. The zero-order valence-electron chi connectivity index (χ0n) is 22.6. The van der Waals surface area contributed by atoms with E-state index in [1.807, 2.05) is 48.5 Å². The Morgan fingerprint density at radius 2 is 1.14 bits per heavy atom. The molecule has 0 aliphatic heterocycles. The molecule has 0 saturated heterocycles. The van der Waals surface area contributed by atoms with Crippen LogP contribution in [0.15, 0.2) is 115 Å². The van der Waals surface area contributed by atoms with Crippen LogP contribution in [0.4, 0.5) is 0 Å². The first-order chi connectivity index (χ1) is 21.2. The van der Waals surface area contributed by atoms with Crippen molar-refractivity contribution in [2.45, 2.75) is 0 Å². The van der Waals surface area contributed by atoms with E-state index in [1.165, 1.54) is 0 Å². The predicted octanol–water partition coefficient (Wildman–Crippen LogP) is 9.39. The van der Waals surface area contributed by atoms with Crippen LogP contribution < -0.4 is 0 Å². The Bertz CT molecular complexity index is 2710. The van der Waals surface area contributed by atoms with Crippen LogP contribution in [0.5, 0.6) is 0 Å². The highest BCUT2D eigenvalue weighted by atomic mass is 32.1. The molecule has 5 nitrogen and oxygen atoms in total. The molecule has 0 radical (unpaired) electrons. The lowest BCUT2D eigenvalue weighted by Gasteiger charge is -2.12. The van der Waals surface area contributed by atoms with Gasteiger partial charge in [0.15, 0.2) is 0 Å². The average molecular weight is 566 g/mol. The number of aromatic nitrogens is 3. The number of nitriles is 2. The lowest BCUT2D eigenvalue weighted by atomic mass is 10.1. The van der Waals surface area contributed by atoms with Crippen molar-refractivity contribution in [2.75, 3.05) is 0 Å². The van der Waals surface area contributed by atoms with Crippen molar-refractivity contribution in [3.63, 3.8) is 0 Å². The molecule has 0 bridgehead atoms. The van der Waals surface area contributed by atoms with E-state index >= 15 is 0 Å². The van der Waals surface area contributed by atoms with Crippen molar-refractivity contribution in [3.8, 4) is 23.8 Å².